The van der Waals surface area contributed by atoms with Gasteiger partial charge in [0.25, 0.3) is 0 Å². The van der Waals surface area contributed by atoms with E-state index in [9.17, 15) is 4.79 Å². The van der Waals surface area contributed by atoms with E-state index in [2.05, 4.69) is 63.4 Å². The summed E-state index contributed by atoms with van der Waals surface area (Å²) >= 11 is 0. The third-order valence-corrected chi connectivity index (χ3v) is 7.95. The molecule has 2 N–H and O–H groups in total. The van der Waals surface area contributed by atoms with Gasteiger partial charge >= 0.3 is 0 Å². The van der Waals surface area contributed by atoms with Gasteiger partial charge in [-0.15, -0.1) is 0 Å². The Morgan fingerprint density at radius 3 is 2.82 bits per heavy atom. The smallest absolute Gasteiger partial charge is 0.250 e. The van der Waals surface area contributed by atoms with E-state index < -0.39 is 0 Å². The number of nitrogens with one attached hydrogen (secondary N) is 2. The van der Waals surface area contributed by atoms with Crippen LogP contribution in [-0.4, -0.2) is 61.9 Å². The molecule has 4 heterocycles. The number of nitrogens with zero attached hydrogens (tertiary/aromatic N) is 2. The zero-order valence-electron chi connectivity index (χ0n) is 22.3. The molecular formula is C31H38N4O3. The summed E-state index contributed by atoms with van der Waals surface area (Å²) in [5.41, 5.74) is 6.00. The van der Waals surface area contributed by atoms with Crippen LogP contribution < -0.4 is 20.5 Å². The summed E-state index contributed by atoms with van der Waals surface area (Å²) in [6.07, 6.45) is 5.78. The summed E-state index contributed by atoms with van der Waals surface area (Å²) in [6.45, 7) is 8.72. The monoisotopic (exact) mass is 514 g/mol. The van der Waals surface area contributed by atoms with E-state index in [0.717, 1.165) is 65.7 Å². The second kappa shape index (κ2) is 11.2. The molecule has 7 nitrogen and oxygen atoms in total. The number of pyridine rings is 1. The maximum atomic E-state index is 12.6. The van der Waals surface area contributed by atoms with Crippen LogP contribution in [0.5, 0.6) is 11.5 Å². The van der Waals surface area contributed by atoms with Gasteiger partial charge in [0.05, 0.1) is 18.9 Å². The number of para-hydroxylation sites is 1. The zero-order valence-corrected chi connectivity index (χ0v) is 22.3. The van der Waals surface area contributed by atoms with Crippen molar-refractivity contribution in [2.45, 2.75) is 45.1 Å². The average Bonchev–Trinajstić information content (AvgIpc) is 2.95. The van der Waals surface area contributed by atoms with Gasteiger partial charge in [-0.25, -0.2) is 0 Å². The van der Waals surface area contributed by atoms with Gasteiger partial charge in [0, 0.05) is 60.7 Å². The second-order valence-corrected chi connectivity index (χ2v) is 10.7. The topological polar surface area (TPSA) is 69.8 Å². The number of anilines is 2. The molecule has 2 aromatic carbocycles. The lowest BCUT2D eigenvalue weighted by molar-refractivity contribution is 0.122. The number of morpholine rings is 1. The highest BCUT2D eigenvalue weighted by molar-refractivity contribution is 5.74. The van der Waals surface area contributed by atoms with E-state index in [-0.39, 0.29) is 5.56 Å². The number of rotatable bonds is 7. The van der Waals surface area contributed by atoms with E-state index in [1.807, 2.05) is 6.07 Å². The first-order chi connectivity index (χ1) is 18.7. The molecule has 38 heavy (non-hydrogen) atoms. The van der Waals surface area contributed by atoms with Gasteiger partial charge in [0.1, 0.15) is 11.5 Å². The Morgan fingerprint density at radius 1 is 1.05 bits per heavy atom. The molecule has 0 radical (unpaired) electrons. The molecule has 0 aliphatic carbocycles. The number of unbranched alkanes of at least 4 members (excludes halogenated alkanes) is 1. The Hall–Kier alpha value is -3.29. The number of aromatic amines is 1. The molecule has 200 valence electrons. The van der Waals surface area contributed by atoms with Crippen LogP contribution in [0.15, 0.2) is 53.3 Å². The zero-order chi connectivity index (χ0) is 25.9. The summed E-state index contributed by atoms with van der Waals surface area (Å²) in [5, 5.41) is 3.79. The summed E-state index contributed by atoms with van der Waals surface area (Å²) in [6, 6.07) is 16.9. The van der Waals surface area contributed by atoms with E-state index in [1.165, 1.54) is 44.3 Å². The molecule has 7 heteroatoms. The molecule has 3 aliphatic rings. The van der Waals surface area contributed by atoms with Crippen molar-refractivity contribution < 1.29 is 9.47 Å². The minimum atomic E-state index is -0.107. The first-order valence-corrected chi connectivity index (χ1v) is 14.2. The number of hydrogen-bond donors (Lipinski definition) is 2. The number of fused-ring (bicyclic) bond motifs is 2. The summed E-state index contributed by atoms with van der Waals surface area (Å²) in [4.78, 5) is 20.4. The van der Waals surface area contributed by atoms with Crippen molar-refractivity contribution in [2.75, 3.05) is 56.2 Å². The van der Waals surface area contributed by atoms with Gasteiger partial charge in [-0.05, 0) is 68.2 Å². The quantitative estimate of drug-likeness (QED) is 0.351. The number of likely N-dealkylation sites (tertiary alicyclic amines) is 1. The lowest BCUT2D eigenvalue weighted by Crippen LogP contribution is -2.42. The van der Waals surface area contributed by atoms with Gasteiger partial charge in [-0.3, -0.25) is 4.79 Å². The number of ether oxygens (including phenoxy) is 2. The van der Waals surface area contributed by atoms with Crippen molar-refractivity contribution in [1.29, 1.82) is 0 Å². The predicted molar refractivity (Wildman–Crippen MR) is 153 cm³/mol. The van der Waals surface area contributed by atoms with E-state index in [4.69, 9.17) is 9.47 Å². The Bertz CT molecular complexity index is 1330. The maximum absolute atomic E-state index is 12.6. The maximum Gasteiger partial charge on any atom is 0.250 e. The van der Waals surface area contributed by atoms with Crippen LogP contribution in [0, 0.1) is 0 Å². The molecule has 1 atom stereocenters. The van der Waals surface area contributed by atoms with Crippen molar-refractivity contribution in [2.24, 2.45) is 0 Å². The second-order valence-electron chi connectivity index (χ2n) is 10.7. The summed E-state index contributed by atoms with van der Waals surface area (Å²) < 4.78 is 12.0. The Balaban J connectivity index is 1.21. The van der Waals surface area contributed by atoms with Crippen LogP contribution in [0.3, 0.4) is 0 Å². The number of benzene rings is 2. The number of hydrogen-bond acceptors (Lipinski definition) is 6. The molecule has 3 aliphatic heterocycles. The minimum absolute atomic E-state index is 0.107. The highest BCUT2D eigenvalue weighted by Gasteiger charge is 2.24. The molecule has 0 bridgehead atoms. The molecule has 2 saturated heterocycles. The van der Waals surface area contributed by atoms with Crippen LogP contribution in [-0.2, 0) is 11.2 Å². The first-order valence-electron chi connectivity index (χ1n) is 14.2. The molecule has 3 aromatic rings. The standard InChI is InChI=1S/C31H38N4O3/c1-2-3-11-34-12-5-7-25(21-34)32-24-9-10-29-23(18-24)17-22-6-4-8-27(31(22)38-29)28-19-26(20-30(36)33-28)35-13-15-37-16-14-35/h4,6,8-10,18-20,25,32H,2-3,5,7,11-17,21H2,1H3,(H,33,36). The first kappa shape index (κ1) is 25.0. The Labute approximate surface area is 224 Å². The van der Waals surface area contributed by atoms with Crippen LogP contribution in [0.25, 0.3) is 11.3 Å². The van der Waals surface area contributed by atoms with Crippen molar-refractivity contribution in [3.8, 4) is 22.8 Å². The highest BCUT2D eigenvalue weighted by atomic mass is 16.5. The third kappa shape index (κ3) is 5.45. The number of piperidine rings is 1. The Morgan fingerprint density at radius 2 is 1.95 bits per heavy atom. The molecule has 0 spiro atoms. The lowest BCUT2D eigenvalue weighted by Gasteiger charge is -2.34. The fourth-order valence-electron chi connectivity index (χ4n) is 5.95. The molecular weight excluding hydrogens is 476 g/mol. The average molecular weight is 515 g/mol. The van der Waals surface area contributed by atoms with Crippen molar-refractivity contribution in [3.63, 3.8) is 0 Å². The molecule has 0 saturated carbocycles. The SMILES string of the molecule is CCCCN1CCCC(Nc2ccc3c(c2)Cc2cccc(-c4cc(N5CCOCC5)cc(=O)[nH]4)c2O3)C1. The number of H-pyrrole nitrogens is 1. The molecule has 0 amide bonds. The van der Waals surface area contributed by atoms with Gasteiger partial charge < -0.3 is 29.6 Å². The van der Waals surface area contributed by atoms with Gasteiger partial charge in [-0.2, -0.15) is 0 Å². The highest BCUT2D eigenvalue weighted by Crippen LogP contribution is 2.43. The third-order valence-electron chi connectivity index (χ3n) is 7.95. The van der Waals surface area contributed by atoms with Crippen LogP contribution >= 0.6 is 0 Å². The fourth-order valence-corrected chi connectivity index (χ4v) is 5.95. The van der Waals surface area contributed by atoms with Crippen LogP contribution in [0.1, 0.15) is 43.7 Å². The molecule has 1 aromatic heterocycles. The molecule has 6 rings (SSSR count). The van der Waals surface area contributed by atoms with Crippen LogP contribution in [0.4, 0.5) is 11.4 Å². The molecule has 2 fully saturated rings. The number of aromatic nitrogens is 1. The fraction of sp³-hybridized carbons (Fsp3) is 0.452. The Kier molecular flexibility index (Phi) is 7.38. The van der Waals surface area contributed by atoms with Gasteiger partial charge in [0.2, 0.25) is 5.56 Å². The van der Waals surface area contributed by atoms with Gasteiger partial charge in [0.15, 0.2) is 0 Å². The van der Waals surface area contributed by atoms with E-state index in [1.54, 1.807) is 6.07 Å². The largest absolute Gasteiger partial charge is 0.456 e. The van der Waals surface area contributed by atoms with Crippen molar-refractivity contribution in [1.82, 2.24) is 9.88 Å². The van der Waals surface area contributed by atoms with E-state index in [0.29, 0.717) is 19.3 Å². The van der Waals surface area contributed by atoms with Crippen LogP contribution in [0.2, 0.25) is 0 Å². The summed E-state index contributed by atoms with van der Waals surface area (Å²) in [7, 11) is 0. The van der Waals surface area contributed by atoms with Crippen molar-refractivity contribution in [3.05, 3.63) is 70.0 Å². The lowest BCUT2D eigenvalue weighted by atomic mass is 9.96. The molecule has 1 unspecified atom stereocenters. The minimum Gasteiger partial charge on any atom is -0.456 e. The van der Waals surface area contributed by atoms with Crippen molar-refractivity contribution >= 4 is 11.4 Å². The summed E-state index contributed by atoms with van der Waals surface area (Å²) in [5.74, 6) is 1.71. The normalized spacial score (nSPS) is 19.4. The van der Waals surface area contributed by atoms with Gasteiger partial charge in [-0.1, -0.05) is 25.5 Å². The predicted octanol–water partition coefficient (Wildman–Crippen LogP) is 5.25. The van der Waals surface area contributed by atoms with E-state index >= 15 is 0 Å².